The molecule has 21 heavy (non-hydrogen) atoms. The van der Waals surface area contributed by atoms with Crippen molar-refractivity contribution in [2.45, 2.75) is 38.0 Å². The molecule has 0 bridgehead atoms. The maximum Gasteiger partial charge on any atom is 0.401 e. The molecule has 0 aromatic rings. The zero-order chi connectivity index (χ0) is 15.5. The zero-order valence-electron chi connectivity index (χ0n) is 12.2. The SMILES string of the molecule is C[C@H]1CCSCCN1C(=O)N[C@@H]1CCN(CC(F)(F)F)C1. The largest absolute Gasteiger partial charge is 0.401 e. The molecule has 8 heteroatoms. The van der Waals surface area contributed by atoms with Gasteiger partial charge in [-0.1, -0.05) is 0 Å². The first-order valence-electron chi connectivity index (χ1n) is 7.29. The third kappa shape index (κ3) is 5.25. The quantitative estimate of drug-likeness (QED) is 0.845. The Bertz CT molecular complexity index is 367. The minimum atomic E-state index is -4.17. The van der Waals surface area contributed by atoms with Crippen LogP contribution in [-0.4, -0.2) is 71.8 Å². The lowest BCUT2D eigenvalue weighted by Crippen LogP contribution is -2.49. The predicted octanol–water partition coefficient (Wildman–Crippen LogP) is 2.16. The second-order valence-corrected chi connectivity index (χ2v) is 6.95. The van der Waals surface area contributed by atoms with Gasteiger partial charge in [-0.05, 0) is 25.5 Å². The van der Waals surface area contributed by atoms with Crippen LogP contribution in [0.1, 0.15) is 19.8 Å². The third-order valence-electron chi connectivity index (χ3n) is 3.95. The fraction of sp³-hybridized carbons (Fsp3) is 0.923. The molecule has 2 rings (SSSR count). The van der Waals surface area contributed by atoms with Crippen LogP contribution in [0.4, 0.5) is 18.0 Å². The first-order chi connectivity index (χ1) is 9.85. The molecule has 0 saturated carbocycles. The first kappa shape index (κ1) is 16.7. The van der Waals surface area contributed by atoms with Gasteiger partial charge >= 0.3 is 12.2 Å². The number of hydrogen-bond donors (Lipinski definition) is 1. The van der Waals surface area contributed by atoms with Gasteiger partial charge in [-0.15, -0.1) is 0 Å². The number of rotatable bonds is 2. The molecule has 0 spiro atoms. The maximum atomic E-state index is 12.3. The Labute approximate surface area is 127 Å². The van der Waals surface area contributed by atoms with Gasteiger partial charge in [0.05, 0.1) is 6.54 Å². The summed E-state index contributed by atoms with van der Waals surface area (Å²) in [6.45, 7) is 2.50. The van der Waals surface area contributed by atoms with E-state index in [2.05, 4.69) is 5.32 Å². The van der Waals surface area contributed by atoms with E-state index >= 15 is 0 Å². The highest BCUT2D eigenvalue weighted by Gasteiger charge is 2.35. The maximum absolute atomic E-state index is 12.3. The summed E-state index contributed by atoms with van der Waals surface area (Å²) in [6, 6.07) is -0.125. The standard InChI is InChI=1S/C13H22F3N3OS/c1-10-3-6-21-7-5-19(10)12(20)17-11-2-4-18(8-11)9-13(14,15)16/h10-11H,2-9H2,1H3,(H,17,20)/t10-,11+/m0/s1. The van der Waals surface area contributed by atoms with Gasteiger partial charge in [-0.2, -0.15) is 24.9 Å². The van der Waals surface area contributed by atoms with Crippen LogP contribution in [0.5, 0.6) is 0 Å². The highest BCUT2D eigenvalue weighted by molar-refractivity contribution is 7.99. The molecule has 122 valence electrons. The van der Waals surface area contributed by atoms with E-state index in [1.165, 1.54) is 4.90 Å². The summed E-state index contributed by atoms with van der Waals surface area (Å²) in [4.78, 5) is 15.4. The summed E-state index contributed by atoms with van der Waals surface area (Å²) >= 11 is 1.84. The molecule has 2 aliphatic heterocycles. The van der Waals surface area contributed by atoms with Crippen molar-refractivity contribution >= 4 is 17.8 Å². The van der Waals surface area contributed by atoms with Gasteiger partial charge in [0.25, 0.3) is 0 Å². The van der Waals surface area contributed by atoms with Gasteiger partial charge in [-0.3, -0.25) is 4.90 Å². The smallest absolute Gasteiger partial charge is 0.334 e. The molecule has 0 radical (unpaired) electrons. The van der Waals surface area contributed by atoms with Gasteiger partial charge in [0, 0.05) is 37.5 Å². The van der Waals surface area contributed by atoms with E-state index in [9.17, 15) is 18.0 Å². The normalized spacial score (nSPS) is 28.5. The Morgan fingerprint density at radius 3 is 2.76 bits per heavy atom. The summed E-state index contributed by atoms with van der Waals surface area (Å²) in [6.07, 6.45) is -2.63. The lowest BCUT2D eigenvalue weighted by atomic mass is 10.2. The fourth-order valence-corrected chi connectivity index (χ4v) is 3.84. The van der Waals surface area contributed by atoms with Gasteiger partial charge in [0.2, 0.25) is 0 Å². The highest BCUT2D eigenvalue weighted by Crippen LogP contribution is 2.21. The number of carbonyl (C=O) groups excluding carboxylic acids is 1. The fourth-order valence-electron chi connectivity index (χ4n) is 2.80. The molecule has 0 unspecified atom stereocenters. The summed E-state index contributed by atoms with van der Waals surface area (Å²) in [5.41, 5.74) is 0. The van der Waals surface area contributed by atoms with Crippen molar-refractivity contribution in [1.82, 2.24) is 15.1 Å². The molecule has 0 aromatic carbocycles. The van der Waals surface area contributed by atoms with Crippen molar-refractivity contribution in [2.75, 3.05) is 37.7 Å². The van der Waals surface area contributed by atoms with Crippen LogP contribution in [0.3, 0.4) is 0 Å². The molecular weight excluding hydrogens is 303 g/mol. The van der Waals surface area contributed by atoms with E-state index in [0.717, 1.165) is 17.9 Å². The number of carbonyl (C=O) groups is 1. The van der Waals surface area contributed by atoms with Crippen LogP contribution in [-0.2, 0) is 0 Å². The molecule has 2 saturated heterocycles. The van der Waals surface area contributed by atoms with Crippen LogP contribution in [0.25, 0.3) is 0 Å². The van der Waals surface area contributed by atoms with Crippen molar-refractivity contribution in [1.29, 1.82) is 0 Å². The van der Waals surface area contributed by atoms with Crippen molar-refractivity contribution in [3.05, 3.63) is 0 Å². The van der Waals surface area contributed by atoms with Gasteiger partial charge in [0.1, 0.15) is 0 Å². The molecule has 2 aliphatic rings. The number of alkyl halides is 3. The summed E-state index contributed by atoms with van der Waals surface area (Å²) in [5.74, 6) is 1.97. The Hall–Kier alpha value is -0.630. The number of urea groups is 1. The molecule has 2 fully saturated rings. The molecule has 1 N–H and O–H groups in total. The van der Waals surface area contributed by atoms with E-state index in [1.807, 2.05) is 23.6 Å². The van der Waals surface area contributed by atoms with Gasteiger partial charge < -0.3 is 10.2 Å². The number of nitrogens with one attached hydrogen (secondary N) is 1. The number of nitrogens with zero attached hydrogens (tertiary/aromatic N) is 2. The molecule has 4 nitrogen and oxygen atoms in total. The van der Waals surface area contributed by atoms with Crippen molar-refractivity contribution in [3.8, 4) is 0 Å². The Balaban J connectivity index is 1.80. The van der Waals surface area contributed by atoms with Crippen LogP contribution >= 0.6 is 11.8 Å². The minimum Gasteiger partial charge on any atom is -0.334 e. The topological polar surface area (TPSA) is 35.6 Å². The van der Waals surface area contributed by atoms with Crippen molar-refractivity contribution < 1.29 is 18.0 Å². The number of thioether (sulfide) groups is 1. The first-order valence-corrected chi connectivity index (χ1v) is 8.44. The van der Waals surface area contributed by atoms with Crippen molar-refractivity contribution in [3.63, 3.8) is 0 Å². The van der Waals surface area contributed by atoms with E-state index < -0.39 is 12.7 Å². The van der Waals surface area contributed by atoms with Crippen LogP contribution in [0.15, 0.2) is 0 Å². The molecule has 0 aromatic heterocycles. The average Bonchev–Trinajstić information content (AvgIpc) is 2.66. The molecule has 0 aliphatic carbocycles. The Morgan fingerprint density at radius 2 is 2.05 bits per heavy atom. The second kappa shape index (κ2) is 7.09. The summed E-state index contributed by atoms with van der Waals surface area (Å²) in [7, 11) is 0. The van der Waals surface area contributed by atoms with Crippen LogP contribution in [0.2, 0.25) is 0 Å². The molecule has 2 heterocycles. The lowest BCUT2D eigenvalue weighted by Gasteiger charge is -2.28. The third-order valence-corrected chi connectivity index (χ3v) is 4.95. The summed E-state index contributed by atoms with van der Waals surface area (Å²) < 4.78 is 37.0. The van der Waals surface area contributed by atoms with E-state index in [-0.39, 0.29) is 24.7 Å². The minimum absolute atomic E-state index is 0.135. The van der Waals surface area contributed by atoms with E-state index in [4.69, 9.17) is 0 Å². The molecular formula is C13H22F3N3OS. The van der Waals surface area contributed by atoms with E-state index in [0.29, 0.717) is 19.5 Å². The number of halogens is 3. The average molecular weight is 325 g/mol. The molecule has 2 atom stereocenters. The highest BCUT2D eigenvalue weighted by atomic mass is 32.2. The lowest BCUT2D eigenvalue weighted by molar-refractivity contribution is -0.143. The second-order valence-electron chi connectivity index (χ2n) is 5.73. The van der Waals surface area contributed by atoms with E-state index in [1.54, 1.807) is 0 Å². The zero-order valence-corrected chi connectivity index (χ0v) is 13.0. The predicted molar refractivity (Wildman–Crippen MR) is 77.5 cm³/mol. The number of likely N-dealkylation sites (tertiary alicyclic amines) is 1. The van der Waals surface area contributed by atoms with Gasteiger partial charge in [-0.25, -0.2) is 4.79 Å². The van der Waals surface area contributed by atoms with Crippen LogP contribution < -0.4 is 5.32 Å². The Morgan fingerprint density at radius 1 is 1.29 bits per heavy atom. The summed E-state index contributed by atoms with van der Waals surface area (Å²) in [5, 5.41) is 2.89. The Kier molecular flexibility index (Phi) is 5.65. The number of hydrogen-bond acceptors (Lipinski definition) is 3. The van der Waals surface area contributed by atoms with Crippen LogP contribution in [0, 0.1) is 0 Å². The van der Waals surface area contributed by atoms with Crippen molar-refractivity contribution in [2.24, 2.45) is 0 Å². The monoisotopic (exact) mass is 325 g/mol. The van der Waals surface area contributed by atoms with Gasteiger partial charge in [0.15, 0.2) is 0 Å². The number of amides is 2. The molecule has 2 amide bonds.